The molecule has 188 valence electrons. The molecule has 1 unspecified atom stereocenters. The lowest BCUT2D eigenvalue weighted by molar-refractivity contribution is 0.327. The van der Waals surface area contributed by atoms with Crippen molar-refractivity contribution in [2.24, 2.45) is 0 Å². The highest BCUT2D eigenvalue weighted by Gasteiger charge is 2.31. The SMILES string of the molecule is CC(C)(C)c1cnc(CSc2cnc(NC3CCCN(S(=O)(=O)c4ccc5c(c4)CCN5)C3)s2)o1. The number of aromatic nitrogens is 2. The molecular formula is C24H31N5O3S3. The first-order valence-corrected chi connectivity index (χ1v) is 15.1. The molecule has 1 atom stereocenters. The largest absolute Gasteiger partial charge is 0.444 e. The van der Waals surface area contributed by atoms with Gasteiger partial charge in [0.2, 0.25) is 15.9 Å². The summed E-state index contributed by atoms with van der Waals surface area (Å²) in [6, 6.07) is 5.45. The van der Waals surface area contributed by atoms with E-state index in [1.807, 2.05) is 18.3 Å². The Morgan fingerprint density at radius 2 is 2.14 bits per heavy atom. The van der Waals surface area contributed by atoms with E-state index in [0.717, 1.165) is 52.2 Å². The molecule has 4 heterocycles. The van der Waals surface area contributed by atoms with E-state index < -0.39 is 10.0 Å². The van der Waals surface area contributed by atoms with Gasteiger partial charge in [0.25, 0.3) is 0 Å². The second kappa shape index (κ2) is 9.76. The fourth-order valence-corrected chi connectivity index (χ4v) is 7.67. The van der Waals surface area contributed by atoms with Crippen LogP contribution in [-0.4, -0.2) is 48.4 Å². The Balaban J connectivity index is 1.18. The zero-order valence-corrected chi connectivity index (χ0v) is 22.7. The summed E-state index contributed by atoms with van der Waals surface area (Å²) in [5.41, 5.74) is 2.05. The summed E-state index contributed by atoms with van der Waals surface area (Å²) >= 11 is 3.21. The van der Waals surface area contributed by atoms with Gasteiger partial charge in [-0.25, -0.2) is 18.4 Å². The normalized spacial score (nSPS) is 18.9. The average Bonchev–Trinajstić information content (AvgIpc) is 3.57. The molecule has 1 aromatic carbocycles. The van der Waals surface area contributed by atoms with Gasteiger partial charge in [0.15, 0.2) is 5.13 Å². The Morgan fingerprint density at radius 3 is 2.94 bits per heavy atom. The van der Waals surface area contributed by atoms with Crippen LogP contribution in [-0.2, 0) is 27.6 Å². The van der Waals surface area contributed by atoms with Crippen molar-refractivity contribution in [3.8, 4) is 0 Å². The van der Waals surface area contributed by atoms with E-state index in [1.165, 1.54) is 0 Å². The minimum absolute atomic E-state index is 0.0275. The van der Waals surface area contributed by atoms with E-state index in [2.05, 4.69) is 41.4 Å². The summed E-state index contributed by atoms with van der Waals surface area (Å²) in [5, 5.41) is 7.55. The van der Waals surface area contributed by atoms with Gasteiger partial charge in [0.05, 0.1) is 27.3 Å². The third kappa shape index (κ3) is 5.52. The molecule has 35 heavy (non-hydrogen) atoms. The lowest BCUT2D eigenvalue weighted by atomic mass is 9.94. The number of nitrogens with zero attached hydrogens (tertiary/aromatic N) is 3. The van der Waals surface area contributed by atoms with Crippen molar-refractivity contribution in [2.45, 2.75) is 66.3 Å². The van der Waals surface area contributed by atoms with Gasteiger partial charge in [-0.2, -0.15) is 4.31 Å². The molecule has 2 aliphatic rings. The maximum Gasteiger partial charge on any atom is 0.243 e. The van der Waals surface area contributed by atoms with Crippen molar-refractivity contribution in [3.63, 3.8) is 0 Å². The number of piperidine rings is 1. The van der Waals surface area contributed by atoms with Crippen LogP contribution in [0.1, 0.15) is 50.8 Å². The minimum atomic E-state index is -3.52. The molecule has 1 saturated heterocycles. The highest BCUT2D eigenvalue weighted by molar-refractivity contribution is 8.00. The highest BCUT2D eigenvalue weighted by Crippen LogP contribution is 2.33. The van der Waals surface area contributed by atoms with Crippen LogP contribution in [0.15, 0.2) is 44.1 Å². The zero-order chi connectivity index (χ0) is 24.6. The van der Waals surface area contributed by atoms with Crippen LogP contribution in [0, 0.1) is 0 Å². The molecule has 8 nitrogen and oxygen atoms in total. The van der Waals surface area contributed by atoms with Crippen molar-refractivity contribution in [1.29, 1.82) is 0 Å². The molecule has 0 amide bonds. The van der Waals surface area contributed by atoms with E-state index in [4.69, 9.17) is 4.42 Å². The number of fused-ring (bicyclic) bond motifs is 1. The Kier molecular flexibility index (Phi) is 6.86. The number of hydrogen-bond donors (Lipinski definition) is 2. The van der Waals surface area contributed by atoms with Crippen LogP contribution < -0.4 is 10.6 Å². The first kappa shape index (κ1) is 24.6. The molecular weight excluding hydrogens is 502 g/mol. The lowest BCUT2D eigenvalue weighted by Crippen LogP contribution is -2.45. The number of anilines is 2. The van der Waals surface area contributed by atoms with Crippen LogP contribution in [0.25, 0.3) is 0 Å². The van der Waals surface area contributed by atoms with Crippen molar-refractivity contribution in [3.05, 3.63) is 47.8 Å². The predicted molar refractivity (Wildman–Crippen MR) is 141 cm³/mol. The quantitative estimate of drug-likeness (QED) is 0.411. The number of sulfonamides is 1. The molecule has 3 aromatic rings. The second-order valence-electron chi connectivity index (χ2n) is 9.98. The molecule has 0 bridgehead atoms. The summed E-state index contributed by atoms with van der Waals surface area (Å²) in [5.74, 6) is 2.23. The van der Waals surface area contributed by atoms with Gasteiger partial charge in [-0.05, 0) is 43.0 Å². The van der Waals surface area contributed by atoms with Crippen molar-refractivity contribution >= 4 is 43.9 Å². The maximum atomic E-state index is 13.3. The molecule has 11 heteroatoms. The topological polar surface area (TPSA) is 100 Å². The standard InChI is InChI=1S/C24H31N5O3S3/c1-24(2,3)20-12-26-21(32-20)15-33-22-13-27-23(34-22)28-17-5-4-10-29(14-17)35(30,31)18-6-7-19-16(11-18)8-9-25-19/h6-7,11-13,17,25H,4-5,8-10,14-15H2,1-3H3,(H,27,28). The summed E-state index contributed by atoms with van der Waals surface area (Å²) in [6.45, 7) is 8.15. The first-order chi connectivity index (χ1) is 16.7. The average molecular weight is 534 g/mol. The van der Waals surface area contributed by atoms with Gasteiger partial charge in [-0.15, -0.1) is 11.8 Å². The molecule has 2 aromatic heterocycles. The Bertz CT molecular complexity index is 1300. The number of oxazole rings is 1. The summed E-state index contributed by atoms with van der Waals surface area (Å²) in [6.07, 6.45) is 6.24. The molecule has 1 fully saturated rings. The summed E-state index contributed by atoms with van der Waals surface area (Å²) in [7, 11) is -3.52. The third-order valence-electron chi connectivity index (χ3n) is 6.25. The number of benzene rings is 1. The maximum absolute atomic E-state index is 13.3. The van der Waals surface area contributed by atoms with E-state index in [9.17, 15) is 8.42 Å². The zero-order valence-electron chi connectivity index (χ0n) is 20.2. The van der Waals surface area contributed by atoms with E-state index in [1.54, 1.807) is 39.7 Å². The third-order valence-corrected chi connectivity index (χ3v) is 10.2. The van der Waals surface area contributed by atoms with Gasteiger partial charge in [-0.3, -0.25) is 0 Å². The summed E-state index contributed by atoms with van der Waals surface area (Å²) in [4.78, 5) is 9.29. The van der Waals surface area contributed by atoms with Gasteiger partial charge in [-0.1, -0.05) is 32.1 Å². The highest BCUT2D eigenvalue weighted by atomic mass is 32.2. The molecule has 0 saturated carbocycles. The van der Waals surface area contributed by atoms with Crippen molar-refractivity contribution in [2.75, 3.05) is 30.3 Å². The van der Waals surface area contributed by atoms with Crippen LogP contribution in [0.3, 0.4) is 0 Å². The van der Waals surface area contributed by atoms with E-state index in [0.29, 0.717) is 29.6 Å². The van der Waals surface area contributed by atoms with Crippen molar-refractivity contribution in [1.82, 2.24) is 14.3 Å². The summed E-state index contributed by atoms with van der Waals surface area (Å²) < 4.78 is 35.2. The van der Waals surface area contributed by atoms with Gasteiger partial charge >= 0.3 is 0 Å². The number of rotatable bonds is 7. The second-order valence-corrected chi connectivity index (χ2v) is 14.2. The van der Waals surface area contributed by atoms with Crippen molar-refractivity contribution < 1.29 is 12.8 Å². The molecule has 0 radical (unpaired) electrons. The monoisotopic (exact) mass is 533 g/mol. The molecule has 5 rings (SSSR count). The number of hydrogen-bond acceptors (Lipinski definition) is 9. The van der Waals surface area contributed by atoms with Gasteiger partial charge in [0.1, 0.15) is 5.76 Å². The van der Waals surface area contributed by atoms with Crippen LogP contribution in [0.2, 0.25) is 0 Å². The molecule has 2 N–H and O–H groups in total. The predicted octanol–water partition coefficient (Wildman–Crippen LogP) is 4.95. The first-order valence-electron chi connectivity index (χ1n) is 11.9. The van der Waals surface area contributed by atoms with E-state index in [-0.39, 0.29) is 11.5 Å². The number of thioether (sulfide) groups is 1. The number of nitrogens with one attached hydrogen (secondary N) is 2. The van der Waals surface area contributed by atoms with Crippen LogP contribution >= 0.6 is 23.1 Å². The minimum Gasteiger partial charge on any atom is -0.444 e. The molecule has 2 aliphatic heterocycles. The fourth-order valence-electron chi connectivity index (χ4n) is 4.29. The Hall–Kier alpha value is -2.08. The smallest absolute Gasteiger partial charge is 0.243 e. The van der Waals surface area contributed by atoms with Gasteiger partial charge in [0, 0.05) is 36.8 Å². The van der Waals surface area contributed by atoms with Gasteiger partial charge < -0.3 is 15.1 Å². The Morgan fingerprint density at radius 1 is 1.29 bits per heavy atom. The number of thiazole rings is 1. The fraction of sp³-hybridized carbons (Fsp3) is 0.500. The molecule has 0 aliphatic carbocycles. The lowest BCUT2D eigenvalue weighted by Gasteiger charge is -2.32. The van der Waals surface area contributed by atoms with Crippen LogP contribution in [0.5, 0.6) is 0 Å². The molecule has 0 spiro atoms. The Labute approximate surface area is 215 Å². The van der Waals surface area contributed by atoms with Crippen LogP contribution in [0.4, 0.5) is 10.8 Å². The van der Waals surface area contributed by atoms with E-state index >= 15 is 0 Å².